The predicted octanol–water partition coefficient (Wildman–Crippen LogP) is 4.27. The summed E-state index contributed by atoms with van der Waals surface area (Å²) in [7, 11) is -3.89. The molecule has 0 atom stereocenters. The molecule has 174 valence electrons. The number of rotatable bonds is 6. The zero-order valence-corrected chi connectivity index (χ0v) is 19.5. The summed E-state index contributed by atoms with van der Waals surface area (Å²) in [4.78, 5) is 28.1. The number of amides is 1. The van der Waals surface area contributed by atoms with Crippen LogP contribution in [0.15, 0.2) is 76.4 Å². The molecule has 0 radical (unpaired) electrons. The monoisotopic (exact) mass is 498 g/mol. The van der Waals surface area contributed by atoms with E-state index in [1.807, 2.05) is 6.92 Å². The number of benzene rings is 3. The molecule has 0 saturated heterocycles. The number of hydrogen-bond donors (Lipinski definition) is 3. The summed E-state index contributed by atoms with van der Waals surface area (Å²) in [6, 6.07) is 15.2. The zero-order chi connectivity index (χ0) is 24.5. The second-order valence-electron chi connectivity index (χ2n) is 7.33. The third-order valence-corrected chi connectivity index (χ3v) is 6.80. The van der Waals surface area contributed by atoms with Gasteiger partial charge in [-0.15, -0.1) is 0 Å². The van der Waals surface area contributed by atoms with Gasteiger partial charge in [0.15, 0.2) is 4.77 Å². The smallest absolute Gasteiger partial charge is 0.262 e. The number of H-pyrrole nitrogens is 1. The van der Waals surface area contributed by atoms with Crippen LogP contribution in [0, 0.1) is 10.6 Å². The fourth-order valence-corrected chi connectivity index (χ4v) is 4.72. The fourth-order valence-electron chi connectivity index (χ4n) is 3.34. The molecular weight excluding hydrogens is 479 g/mol. The number of hydrogen-bond acceptors (Lipinski definition) is 5. The van der Waals surface area contributed by atoms with E-state index in [9.17, 15) is 22.4 Å². The van der Waals surface area contributed by atoms with Crippen molar-refractivity contribution in [2.75, 3.05) is 10.0 Å². The molecule has 3 N–H and O–H groups in total. The number of nitrogens with one attached hydrogen (secondary N) is 3. The molecule has 4 aromatic rings. The van der Waals surface area contributed by atoms with Crippen LogP contribution in [0.4, 0.5) is 15.8 Å². The number of anilines is 2. The highest BCUT2D eigenvalue weighted by atomic mass is 32.2. The second kappa shape index (κ2) is 9.20. The third kappa shape index (κ3) is 4.75. The van der Waals surface area contributed by atoms with Gasteiger partial charge in [-0.25, -0.2) is 12.8 Å². The molecule has 1 amide bonds. The minimum atomic E-state index is -3.89. The molecule has 0 aliphatic rings. The number of sulfonamides is 1. The highest BCUT2D eigenvalue weighted by molar-refractivity contribution is 7.92. The van der Waals surface area contributed by atoms with Crippen molar-refractivity contribution >= 4 is 50.4 Å². The Kier molecular flexibility index (Phi) is 6.31. The third-order valence-electron chi connectivity index (χ3n) is 5.08. The van der Waals surface area contributed by atoms with Crippen molar-refractivity contribution in [2.45, 2.75) is 18.4 Å². The first-order valence-electron chi connectivity index (χ1n) is 10.1. The topological polar surface area (TPSA) is 113 Å². The highest BCUT2D eigenvalue weighted by Crippen LogP contribution is 2.20. The molecule has 0 bridgehead atoms. The van der Waals surface area contributed by atoms with Crippen LogP contribution in [0.3, 0.4) is 0 Å². The van der Waals surface area contributed by atoms with Gasteiger partial charge in [0, 0.05) is 23.5 Å². The Bertz CT molecular complexity index is 1610. The molecule has 0 unspecified atom stereocenters. The molecule has 0 fully saturated rings. The van der Waals surface area contributed by atoms with Gasteiger partial charge in [-0.2, -0.15) is 0 Å². The van der Waals surface area contributed by atoms with E-state index in [0.717, 1.165) is 12.1 Å². The van der Waals surface area contributed by atoms with E-state index in [4.69, 9.17) is 12.2 Å². The maximum Gasteiger partial charge on any atom is 0.262 e. The first-order valence-corrected chi connectivity index (χ1v) is 12.0. The van der Waals surface area contributed by atoms with Crippen LogP contribution < -0.4 is 15.6 Å². The maximum atomic E-state index is 13.0. The minimum absolute atomic E-state index is 0.0766. The summed E-state index contributed by atoms with van der Waals surface area (Å²) in [6.07, 6.45) is 0. The van der Waals surface area contributed by atoms with Crippen LogP contribution in [-0.2, 0) is 16.6 Å². The first-order chi connectivity index (χ1) is 16.2. The predicted molar refractivity (Wildman–Crippen MR) is 131 cm³/mol. The Labute approximate surface area is 199 Å². The van der Waals surface area contributed by atoms with Gasteiger partial charge in [0.1, 0.15) is 5.82 Å². The normalized spacial score (nSPS) is 11.4. The first kappa shape index (κ1) is 23.3. The average Bonchev–Trinajstić information content (AvgIpc) is 2.80. The largest absolute Gasteiger partial charge is 0.332 e. The lowest BCUT2D eigenvalue weighted by atomic mass is 10.1. The summed E-state index contributed by atoms with van der Waals surface area (Å²) in [5, 5.41) is 3.14. The highest BCUT2D eigenvalue weighted by Gasteiger charge is 2.15. The number of carbonyl (C=O) groups excluding carboxylic acids is 1. The Morgan fingerprint density at radius 3 is 2.32 bits per heavy atom. The SMILES string of the molecule is CCn1c(=S)[nH]c2cc(C(=O)Nc3ccc(NS(=O)(=O)c4ccc(F)cc4)cc3)ccc2c1=O. The Morgan fingerprint density at radius 1 is 1.03 bits per heavy atom. The summed E-state index contributed by atoms with van der Waals surface area (Å²) in [5.74, 6) is -0.952. The summed E-state index contributed by atoms with van der Waals surface area (Å²) >= 11 is 5.21. The lowest BCUT2D eigenvalue weighted by Gasteiger charge is -2.10. The van der Waals surface area contributed by atoms with Crippen molar-refractivity contribution < 1.29 is 17.6 Å². The van der Waals surface area contributed by atoms with Gasteiger partial charge < -0.3 is 10.3 Å². The number of aromatic nitrogens is 2. The maximum absolute atomic E-state index is 13.0. The van der Waals surface area contributed by atoms with Gasteiger partial charge in [0.25, 0.3) is 21.5 Å². The van der Waals surface area contributed by atoms with Crippen LogP contribution in [0.5, 0.6) is 0 Å². The van der Waals surface area contributed by atoms with Crippen LogP contribution >= 0.6 is 12.2 Å². The van der Waals surface area contributed by atoms with Gasteiger partial charge in [0.05, 0.1) is 15.8 Å². The average molecular weight is 499 g/mol. The molecule has 4 rings (SSSR count). The number of fused-ring (bicyclic) bond motifs is 1. The molecule has 1 aromatic heterocycles. The van der Waals surface area contributed by atoms with Crippen molar-refractivity contribution in [1.82, 2.24) is 9.55 Å². The van der Waals surface area contributed by atoms with Crippen LogP contribution in [0.25, 0.3) is 10.9 Å². The quantitative estimate of drug-likeness (QED) is 0.344. The van der Waals surface area contributed by atoms with Gasteiger partial charge in [-0.05, 0) is 85.9 Å². The molecule has 11 heteroatoms. The Balaban J connectivity index is 1.50. The number of carbonyl (C=O) groups is 1. The number of halogens is 1. The van der Waals surface area contributed by atoms with E-state index in [-0.39, 0.29) is 20.9 Å². The second-order valence-corrected chi connectivity index (χ2v) is 9.40. The van der Waals surface area contributed by atoms with Gasteiger partial charge in [-0.1, -0.05) is 0 Å². The molecule has 0 saturated carbocycles. The molecule has 34 heavy (non-hydrogen) atoms. The summed E-state index contributed by atoms with van der Waals surface area (Å²) in [6.45, 7) is 2.25. The van der Waals surface area contributed by atoms with Crippen molar-refractivity contribution in [3.63, 3.8) is 0 Å². The molecule has 1 heterocycles. The van der Waals surface area contributed by atoms with E-state index < -0.39 is 21.7 Å². The lowest BCUT2D eigenvalue weighted by Crippen LogP contribution is -2.21. The van der Waals surface area contributed by atoms with E-state index in [1.54, 1.807) is 18.2 Å². The standard InChI is InChI=1S/C23H19FN4O4S2/c1-2-28-22(30)19-12-3-14(13-20(19)26-23(28)33)21(29)25-16-6-8-17(9-7-16)27-34(31,32)18-10-4-15(24)5-11-18/h3-13,27H,2H2,1H3,(H,25,29)(H,26,33). The van der Waals surface area contributed by atoms with Crippen LogP contribution in [0.1, 0.15) is 17.3 Å². The van der Waals surface area contributed by atoms with E-state index in [2.05, 4.69) is 15.0 Å². The molecular formula is C23H19FN4O4S2. The van der Waals surface area contributed by atoms with Crippen molar-refractivity contribution in [1.29, 1.82) is 0 Å². The van der Waals surface area contributed by atoms with E-state index in [1.165, 1.54) is 41.0 Å². The van der Waals surface area contributed by atoms with Gasteiger partial charge in [0.2, 0.25) is 0 Å². The summed E-state index contributed by atoms with van der Waals surface area (Å²) < 4.78 is 42.0. The lowest BCUT2D eigenvalue weighted by molar-refractivity contribution is 0.102. The molecule has 0 aliphatic heterocycles. The van der Waals surface area contributed by atoms with Crippen molar-refractivity contribution in [2.24, 2.45) is 0 Å². The Hall–Kier alpha value is -3.83. The van der Waals surface area contributed by atoms with Gasteiger partial charge >= 0.3 is 0 Å². The van der Waals surface area contributed by atoms with E-state index in [0.29, 0.717) is 28.7 Å². The molecule has 0 aliphatic carbocycles. The Morgan fingerprint density at radius 2 is 1.68 bits per heavy atom. The van der Waals surface area contributed by atoms with Crippen molar-refractivity contribution in [3.8, 4) is 0 Å². The van der Waals surface area contributed by atoms with Gasteiger partial charge in [-0.3, -0.25) is 18.9 Å². The van der Waals surface area contributed by atoms with Crippen LogP contribution in [0.2, 0.25) is 0 Å². The molecule has 0 spiro atoms. The zero-order valence-electron chi connectivity index (χ0n) is 17.8. The van der Waals surface area contributed by atoms with E-state index >= 15 is 0 Å². The summed E-state index contributed by atoms with van der Waals surface area (Å²) in [5.41, 5.74) is 1.25. The number of nitrogens with zero attached hydrogens (tertiary/aromatic N) is 1. The fraction of sp³-hybridized carbons (Fsp3) is 0.0870. The molecule has 8 nitrogen and oxygen atoms in total. The van der Waals surface area contributed by atoms with Crippen LogP contribution in [-0.4, -0.2) is 23.9 Å². The van der Waals surface area contributed by atoms with Crippen molar-refractivity contribution in [3.05, 3.63) is 93.2 Å². The molecule has 3 aromatic carbocycles. The number of aromatic amines is 1. The minimum Gasteiger partial charge on any atom is -0.332 e.